The predicted octanol–water partition coefficient (Wildman–Crippen LogP) is 2.52. The fourth-order valence-corrected chi connectivity index (χ4v) is 1.76. The lowest BCUT2D eigenvalue weighted by molar-refractivity contribution is -0.147. The Morgan fingerprint density at radius 1 is 1.14 bits per heavy atom. The summed E-state index contributed by atoms with van der Waals surface area (Å²) in [6.07, 6.45) is 0.758. The number of halogens is 1. The SMILES string of the molecule is CC(C)OC(=O)CCNC(=O)NCCc1ccc(Cl)cc1. The molecule has 0 saturated heterocycles. The number of rotatable bonds is 7. The highest BCUT2D eigenvalue weighted by Gasteiger charge is 2.06. The van der Waals surface area contributed by atoms with Gasteiger partial charge in [-0.2, -0.15) is 0 Å². The molecule has 0 aliphatic carbocycles. The number of amides is 2. The van der Waals surface area contributed by atoms with Gasteiger partial charge in [0, 0.05) is 18.1 Å². The maximum absolute atomic E-state index is 11.5. The van der Waals surface area contributed by atoms with Crippen LogP contribution < -0.4 is 10.6 Å². The molecule has 21 heavy (non-hydrogen) atoms. The molecule has 0 unspecified atom stereocenters. The smallest absolute Gasteiger partial charge is 0.314 e. The zero-order valence-electron chi connectivity index (χ0n) is 12.3. The Morgan fingerprint density at radius 2 is 1.76 bits per heavy atom. The standard InChI is InChI=1S/C15H21ClN2O3/c1-11(2)21-14(19)8-10-18-15(20)17-9-7-12-3-5-13(16)6-4-12/h3-6,11H,7-10H2,1-2H3,(H2,17,18,20). The largest absolute Gasteiger partial charge is 0.463 e. The first-order valence-corrected chi connectivity index (χ1v) is 7.31. The minimum Gasteiger partial charge on any atom is -0.463 e. The first-order chi connectivity index (χ1) is 9.97. The van der Waals surface area contributed by atoms with Crippen LogP contribution in [0.25, 0.3) is 0 Å². The highest BCUT2D eigenvalue weighted by atomic mass is 35.5. The Hall–Kier alpha value is -1.75. The third-order valence-electron chi connectivity index (χ3n) is 2.59. The first-order valence-electron chi connectivity index (χ1n) is 6.93. The fourth-order valence-electron chi connectivity index (χ4n) is 1.63. The lowest BCUT2D eigenvalue weighted by atomic mass is 10.1. The van der Waals surface area contributed by atoms with Crippen molar-refractivity contribution < 1.29 is 14.3 Å². The molecule has 0 radical (unpaired) electrons. The van der Waals surface area contributed by atoms with Gasteiger partial charge in [0.05, 0.1) is 12.5 Å². The molecule has 0 aliphatic rings. The van der Waals surface area contributed by atoms with E-state index < -0.39 is 0 Å². The second-order valence-corrected chi connectivity index (χ2v) is 5.28. The van der Waals surface area contributed by atoms with Gasteiger partial charge in [-0.3, -0.25) is 4.79 Å². The summed E-state index contributed by atoms with van der Waals surface area (Å²) in [5.74, 6) is -0.313. The normalized spacial score (nSPS) is 10.3. The summed E-state index contributed by atoms with van der Waals surface area (Å²) >= 11 is 5.79. The van der Waals surface area contributed by atoms with Crippen molar-refractivity contribution in [1.82, 2.24) is 10.6 Å². The third-order valence-corrected chi connectivity index (χ3v) is 2.85. The van der Waals surface area contributed by atoms with Gasteiger partial charge in [0.25, 0.3) is 0 Å². The molecule has 1 rings (SSSR count). The molecular formula is C15H21ClN2O3. The van der Waals surface area contributed by atoms with Crippen LogP contribution in [-0.4, -0.2) is 31.2 Å². The molecule has 0 fully saturated rings. The van der Waals surface area contributed by atoms with Gasteiger partial charge in [0.2, 0.25) is 0 Å². The van der Waals surface area contributed by atoms with Crippen molar-refractivity contribution in [3.05, 3.63) is 34.9 Å². The van der Waals surface area contributed by atoms with Crippen LogP contribution in [0.1, 0.15) is 25.8 Å². The van der Waals surface area contributed by atoms with Crippen LogP contribution in [0.5, 0.6) is 0 Å². The Balaban J connectivity index is 2.11. The molecule has 0 atom stereocenters. The molecule has 6 heteroatoms. The number of benzene rings is 1. The summed E-state index contributed by atoms with van der Waals surface area (Å²) in [5.41, 5.74) is 1.10. The molecule has 0 bridgehead atoms. The quantitative estimate of drug-likeness (QED) is 0.760. The van der Waals surface area contributed by atoms with E-state index in [9.17, 15) is 9.59 Å². The monoisotopic (exact) mass is 312 g/mol. The summed E-state index contributed by atoms with van der Waals surface area (Å²) in [7, 11) is 0. The highest BCUT2D eigenvalue weighted by Crippen LogP contribution is 2.09. The number of urea groups is 1. The van der Waals surface area contributed by atoms with Gasteiger partial charge in [0.1, 0.15) is 0 Å². The number of nitrogens with one attached hydrogen (secondary N) is 2. The topological polar surface area (TPSA) is 67.4 Å². The molecule has 2 N–H and O–H groups in total. The zero-order chi connectivity index (χ0) is 15.7. The molecule has 116 valence electrons. The van der Waals surface area contributed by atoms with E-state index >= 15 is 0 Å². The number of esters is 1. The van der Waals surface area contributed by atoms with Crippen LogP contribution in [0, 0.1) is 0 Å². The summed E-state index contributed by atoms with van der Waals surface area (Å²) < 4.78 is 4.96. The molecule has 1 aromatic carbocycles. The van der Waals surface area contributed by atoms with Gasteiger partial charge in [-0.15, -0.1) is 0 Å². The van der Waals surface area contributed by atoms with E-state index in [-0.39, 0.29) is 31.1 Å². The minimum atomic E-state index is -0.313. The Morgan fingerprint density at radius 3 is 2.38 bits per heavy atom. The van der Waals surface area contributed by atoms with E-state index in [0.717, 1.165) is 12.0 Å². The minimum absolute atomic E-state index is 0.134. The molecule has 1 aromatic rings. The Bertz CT molecular complexity index is 460. The van der Waals surface area contributed by atoms with Crippen molar-refractivity contribution in [3.8, 4) is 0 Å². The second kappa shape index (κ2) is 9.23. The fraction of sp³-hybridized carbons (Fsp3) is 0.467. The van der Waals surface area contributed by atoms with Crippen molar-refractivity contribution >= 4 is 23.6 Å². The number of ether oxygens (including phenoxy) is 1. The highest BCUT2D eigenvalue weighted by molar-refractivity contribution is 6.30. The molecule has 0 spiro atoms. The van der Waals surface area contributed by atoms with Crippen LogP contribution in [0.4, 0.5) is 4.79 Å². The number of carbonyl (C=O) groups is 2. The zero-order valence-corrected chi connectivity index (χ0v) is 13.1. The van der Waals surface area contributed by atoms with E-state index in [2.05, 4.69) is 10.6 Å². The number of hydrogen-bond acceptors (Lipinski definition) is 3. The molecule has 0 saturated carbocycles. The molecular weight excluding hydrogens is 292 g/mol. The van der Waals surface area contributed by atoms with Crippen LogP contribution in [0.2, 0.25) is 5.02 Å². The lowest BCUT2D eigenvalue weighted by Gasteiger charge is -2.09. The third kappa shape index (κ3) is 8.19. The van der Waals surface area contributed by atoms with Gasteiger partial charge in [-0.25, -0.2) is 4.79 Å². The van der Waals surface area contributed by atoms with Gasteiger partial charge < -0.3 is 15.4 Å². The van der Waals surface area contributed by atoms with E-state index in [0.29, 0.717) is 11.6 Å². The van der Waals surface area contributed by atoms with E-state index in [1.54, 1.807) is 13.8 Å². The van der Waals surface area contributed by atoms with E-state index in [4.69, 9.17) is 16.3 Å². The lowest BCUT2D eigenvalue weighted by Crippen LogP contribution is -2.37. The van der Waals surface area contributed by atoms with Gasteiger partial charge >= 0.3 is 12.0 Å². The van der Waals surface area contributed by atoms with Gasteiger partial charge in [-0.1, -0.05) is 23.7 Å². The molecule has 0 aromatic heterocycles. The molecule has 0 aliphatic heterocycles. The predicted molar refractivity (Wildman–Crippen MR) is 82.4 cm³/mol. The van der Waals surface area contributed by atoms with Crippen molar-refractivity contribution in [3.63, 3.8) is 0 Å². The van der Waals surface area contributed by atoms with Gasteiger partial charge in [0.15, 0.2) is 0 Å². The van der Waals surface area contributed by atoms with Crippen molar-refractivity contribution in [1.29, 1.82) is 0 Å². The average Bonchev–Trinajstić information content (AvgIpc) is 2.40. The van der Waals surface area contributed by atoms with Crippen LogP contribution >= 0.6 is 11.6 Å². The molecule has 2 amide bonds. The summed E-state index contributed by atoms with van der Waals surface area (Å²) in [6, 6.07) is 7.18. The van der Waals surface area contributed by atoms with Crippen molar-refractivity contribution in [2.24, 2.45) is 0 Å². The Kier molecular flexibility index (Phi) is 7.61. The maximum Gasteiger partial charge on any atom is 0.314 e. The Labute approximate surface area is 130 Å². The summed E-state index contributed by atoms with van der Waals surface area (Å²) in [6.45, 7) is 4.35. The van der Waals surface area contributed by atoms with Crippen LogP contribution in [0.15, 0.2) is 24.3 Å². The van der Waals surface area contributed by atoms with Crippen molar-refractivity contribution in [2.75, 3.05) is 13.1 Å². The van der Waals surface area contributed by atoms with E-state index in [1.807, 2.05) is 24.3 Å². The van der Waals surface area contributed by atoms with Crippen molar-refractivity contribution in [2.45, 2.75) is 32.8 Å². The second-order valence-electron chi connectivity index (χ2n) is 4.85. The van der Waals surface area contributed by atoms with E-state index in [1.165, 1.54) is 0 Å². The average molecular weight is 313 g/mol. The number of carbonyl (C=O) groups excluding carboxylic acids is 2. The summed E-state index contributed by atoms with van der Waals surface area (Å²) in [5, 5.41) is 6.03. The maximum atomic E-state index is 11.5. The van der Waals surface area contributed by atoms with Crippen LogP contribution in [0.3, 0.4) is 0 Å². The molecule has 5 nitrogen and oxygen atoms in total. The molecule has 0 heterocycles. The summed E-state index contributed by atoms with van der Waals surface area (Å²) in [4.78, 5) is 22.8. The van der Waals surface area contributed by atoms with Gasteiger partial charge in [-0.05, 0) is 38.0 Å². The van der Waals surface area contributed by atoms with Crippen LogP contribution in [-0.2, 0) is 16.0 Å². The number of hydrogen-bond donors (Lipinski definition) is 2. The first kappa shape index (κ1) is 17.3.